The number of hydrogen-bond acceptors (Lipinski definition) is 4. The molecule has 0 radical (unpaired) electrons. The van der Waals surface area contributed by atoms with Crippen molar-refractivity contribution in [1.29, 1.82) is 0 Å². The van der Waals surface area contributed by atoms with Gasteiger partial charge < -0.3 is 14.8 Å². The largest absolute Gasteiger partial charge is 0.454 e. The lowest BCUT2D eigenvalue weighted by Crippen LogP contribution is -2.40. The van der Waals surface area contributed by atoms with Gasteiger partial charge in [-0.25, -0.2) is 0 Å². The quantitative estimate of drug-likeness (QED) is 0.881. The molecule has 0 aliphatic carbocycles. The lowest BCUT2D eigenvalue weighted by molar-refractivity contribution is 0.173. The Morgan fingerprint density at radius 1 is 1.22 bits per heavy atom. The first-order chi connectivity index (χ1) is 8.83. The van der Waals surface area contributed by atoms with Crippen LogP contribution in [0.25, 0.3) is 0 Å². The van der Waals surface area contributed by atoms with Gasteiger partial charge in [-0.05, 0) is 50.7 Å². The van der Waals surface area contributed by atoms with Gasteiger partial charge in [0.1, 0.15) is 0 Å². The molecular weight excluding hydrogens is 228 g/mol. The predicted molar refractivity (Wildman–Crippen MR) is 69.9 cm³/mol. The fourth-order valence-corrected chi connectivity index (χ4v) is 2.70. The van der Waals surface area contributed by atoms with E-state index in [0.717, 1.165) is 31.1 Å². The normalized spacial score (nSPS) is 19.4. The van der Waals surface area contributed by atoms with E-state index in [0.29, 0.717) is 12.8 Å². The Balaban J connectivity index is 1.64. The van der Waals surface area contributed by atoms with Gasteiger partial charge in [-0.2, -0.15) is 0 Å². The highest BCUT2D eigenvalue weighted by molar-refractivity contribution is 5.44. The Labute approximate surface area is 108 Å². The fraction of sp³-hybridized carbons (Fsp3) is 0.571. The Morgan fingerprint density at radius 2 is 2.00 bits per heavy atom. The van der Waals surface area contributed by atoms with Crippen LogP contribution in [0.1, 0.15) is 18.4 Å². The van der Waals surface area contributed by atoms with E-state index in [9.17, 15) is 0 Å². The molecule has 3 rings (SSSR count). The third-order valence-electron chi connectivity index (χ3n) is 3.80. The molecule has 18 heavy (non-hydrogen) atoms. The lowest BCUT2D eigenvalue weighted by Gasteiger charge is -2.31. The van der Waals surface area contributed by atoms with Crippen LogP contribution in [0.2, 0.25) is 0 Å². The van der Waals surface area contributed by atoms with Crippen molar-refractivity contribution in [3.05, 3.63) is 23.8 Å². The zero-order valence-corrected chi connectivity index (χ0v) is 10.8. The smallest absolute Gasteiger partial charge is 0.231 e. The van der Waals surface area contributed by atoms with Crippen molar-refractivity contribution in [2.45, 2.75) is 25.4 Å². The first-order valence-corrected chi connectivity index (χ1v) is 6.62. The van der Waals surface area contributed by atoms with Crippen LogP contribution in [-0.4, -0.2) is 37.9 Å². The minimum absolute atomic E-state index is 0.350. The number of ether oxygens (including phenoxy) is 2. The summed E-state index contributed by atoms with van der Waals surface area (Å²) in [7, 11) is 2.21. The maximum absolute atomic E-state index is 5.42. The van der Waals surface area contributed by atoms with Gasteiger partial charge >= 0.3 is 0 Å². The molecule has 2 heterocycles. The van der Waals surface area contributed by atoms with Gasteiger partial charge in [0, 0.05) is 12.6 Å². The third kappa shape index (κ3) is 2.44. The third-order valence-corrected chi connectivity index (χ3v) is 3.80. The van der Waals surface area contributed by atoms with E-state index in [4.69, 9.17) is 9.47 Å². The molecule has 0 aromatic heterocycles. The van der Waals surface area contributed by atoms with Crippen molar-refractivity contribution in [2.24, 2.45) is 0 Å². The van der Waals surface area contributed by atoms with E-state index in [1.165, 1.54) is 18.4 Å². The Hall–Kier alpha value is -1.26. The Bertz CT molecular complexity index is 416. The van der Waals surface area contributed by atoms with Gasteiger partial charge in [-0.1, -0.05) is 6.07 Å². The molecule has 1 N–H and O–H groups in total. The average molecular weight is 248 g/mol. The van der Waals surface area contributed by atoms with Gasteiger partial charge in [0.15, 0.2) is 11.5 Å². The van der Waals surface area contributed by atoms with E-state index in [-0.39, 0.29) is 0 Å². The monoisotopic (exact) mass is 248 g/mol. The molecule has 2 aliphatic rings. The lowest BCUT2D eigenvalue weighted by atomic mass is 10.0. The number of fused-ring (bicyclic) bond motifs is 1. The Kier molecular flexibility index (Phi) is 3.39. The van der Waals surface area contributed by atoms with E-state index in [2.05, 4.69) is 29.4 Å². The minimum atomic E-state index is 0.350. The van der Waals surface area contributed by atoms with Gasteiger partial charge in [-0.15, -0.1) is 0 Å². The highest BCUT2D eigenvalue weighted by atomic mass is 16.7. The molecule has 1 aromatic carbocycles. The maximum Gasteiger partial charge on any atom is 0.231 e. The summed E-state index contributed by atoms with van der Waals surface area (Å²) in [6, 6.07) is 6.93. The zero-order chi connectivity index (χ0) is 12.4. The van der Waals surface area contributed by atoms with Crippen molar-refractivity contribution in [2.75, 3.05) is 26.9 Å². The zero-order valence-electron chi connectivity index (χ0n) is 10.8. The van der Waals surface area contributed by atoms with Crippen LogP contribution in [0.15, 0.2) is 18.2 Å². The number of benzene rings is 1. The summed E-state index contributed by atoms with van der Waals surface area (Å²) in [5.41, 5.74) is 1.29. The molecule has 4 heteroatoms. The number of nitrogens with one attached hydrogen (secondary N) is 1. The number of piperidine rings is 1. The first-order valence-electron chi connectivity index (χ1n) is 6.62. The second-order valence-electron chi connectivity index (χ2n) is 5.08. The van der Waals surface area contributed by atoms with Crippen molar-refractivity contribution in [3.63, 3.8) is 0 Å². The second kappa shape index (κ2) is 5.16. The molecule has 0 amide bonds. The van der Waals surface area contributed by atoms with Crippen molar-refractivity contribution in [1.82, 2.24) is 10.2 Å². The van der Waals surface area contributed by atoms with E-state index >= 15 is 0 Å². The number of nitrogens with zero attached hydrogens (tertiary/aromatic N) is 1. The number of rotatable bonds is 3. The molecule has 0 unspecified atom stereocenters. The van der Waals surface area contributed by atoms with E-state index in [1.54, 1.807) is 0 Å². The fourth-order valence-electron chi connectivity index (χ4n) is 2.70. The van der Waals surface area contributed by atoms with Gasteiger partial charge in [0.05, 0.1) is 0 Å². The summed E-state index contributed by atoms with van der Waals surface area (Å²) in [5.74, 6) is 1.74. The molecule has 1 aromatic rings. The van der Waals surface area contributed by atoms with Crippen LogP contribution in [0.4, 0.5) is 0 Å². The van der Waals surface area contributed by atoms with E-state index in [1.807, 2.05) is 6.07 Å². The summed E-state index contributed by atoms with van der Waals surface area (Å²) >= 11 is 0. The molecule has 2 aliphatic heterocycles. The van der Waals surface area contributed by atoms with Crippen LogP contribution >= 0.6 is 0 Å². The molecule has 0 atom stereocenters. The van der Waals surface area contributed by atoms with Crippen LogP contribution in [0, 0.1) is 0 Å². The minimum Gasteiger partial charge on any atom is -0.454 e. The second-order valence-corrected chi connectivity index (χ2v) is 5.08. The molecule has 0 saturated carbocycles. The summed E-state index contributed by atoms with van der Waals surface area (Å²) in [4.78, 5) is 2.44. The van der Waals surface area contributed by atoms with Crippen LogP contribution in [-0.2, 0) is 6.54 Å². The van der Waals surface area contributed by atoms with Gasteiger partial charge in [-0.3, -0.25) is 4.90 Å². The molecule has 0 bridgehead atoms. The van der Waals surface area contributed by atoms with Gasteiger partial charge in [0.25, 0.3) is 0 Å². The molecule has 98 valence electrons. The predicted octanol–water partition coefficient (Wildman–Crippen LogP) is 1.60. The molecule has 0 spiro atoms. The van der Waals surface area contributed by atoms with Crippen molar-refractivity contribution in [3.8, 4) is 11.5 Å². The topological polar surface area (TPSA) is 33.7 Å². The molecule has 4 nitrogen and oxygen atoms in total. The summed E-state index contributed by atoms with van der Waals surface area (Å²) in [6.07, 6.45) is 2.47. The van der Waals surface area contributed by atoms with Crippen molar-refractivity contribution >= 4 is 0 Å². The first kappa shape index (κ1) is 11.8. The highest BCUT2D eigenvalue weighted by Gasteiger charge is 2.19. The molecule has 1 fully saturated rings. The summed E-state index contributed by atoms with van der Waals surface area (Å²) in [6.45, 7) is 3.59. The number of hydrogen-bond donors (Lipinski definition) is 1. The average Bonchev–Trinajstić information content (AvgIpc) is 2.87. The molecular formula is C14H20N2O2. The van der Waals surface area contributed by atoms with Crippen LogP contribution < -0.4 is 14.8 Å². The summed E-state index contributed by atoms with van der Waals surface area (Å²) < 4.78 is 10.7. The highest BCUT2D eigenvalue weighted by Crippen LogP contribution is 2.32. The SMILES string of the molecule is CN(Cc1ccc2c(c1)OCO2)C1CCNCC1. The van der Waals surface area contributed by atoms with Crippen LogP contribution in [0.5, 0.6) is 11.5 Å². The Morgan fingerprint density at radius 3 is 2.83 bits per heavy atom. The van der Waals surface area contributed by atoms with Crippen LogP contribution in [0.3, 0.4) is 0 Å². The maximum atomic E-state index is 5.42. The standard InChI is InChI=1S/C14H20N2O2/c1-16(12-4-6-15-7-5-12)9-11-2-3-13-14(8-11)18-10-17-13/h2-3,8,12,15H,4-7,9-10H2,1H3. The van der Waals surface area contributed by atoms with E-state index < -0.39 is 0 Å². The molecule has 1 saturated heterocycles. The van der Waals surface area contributed by atoms with Crippen molar-refractivity contribution < 1.29 is 9.47 Å². The summed E-state index contributed by atoms with van der Waals surface area (Å²) in [5, 5.41) is 3.40. The van der Waals surface area contributed by atoms with Gasteiger partial charge in [0.2, 0.25) is 6.79 Å².